The first-order valence-corrected chi connectivity index (χ1v) is 1.55. The Morgan fingerprint density at radius 1 is 1.17 bits per heavy atom. The van der Waals surface area contributed by atoms with Gasteiger partial charge in [0.15, 0.2) is 0 Å². The second-order valence-corrected chi connectivity index (χ2v) is 0.838. The molecular formula is C3H5CuO2. The molecule has 0 atom stereocenters. The van der Waals surface area contributed by atoms with Gasteiger partial charge >= 0.3 is 17.1 Å². The van der Waals surface area contributed by atoms with Gasteiger partial charge in [-0.05, 0) is 0 Å². The van der Waals surface area contributed by atoms with E-state index in [0.29, 0.717) is 0 Å². The van der Waals surface area contributed by atoms with Crippen LogP contribution in [0.15, 0.2) is 0 Å². The molecule has 1 heterocycles. The van der Waals surface area contributed by atoms with E-state index in [-0.39, 0.29) is 17.1 Å². The minimum Gasteiger partial charge on any atom is -0.523 e. The SMILES string of the molecule is [CH-]1OCCO1.[Cu+]. The molecule has 0 aliphatic carbocycles. The van der Waals surface area contributed by atoms with Crippen molar-refractivity contribution < 1.29 is 26.5 Å². The van der Waals surface area contributed by atoms with Gasteiger partial charge < -0.3 is 9.47 Å². The molecule has 0 unspecified atom stereocenters. The van der Waals surface area contributed by atoms with Crippen molar-refractivity contribution in [3.05, 3.63) is 6.79 Å². The smallest absolute Gasteiger partial charge is 0.523 e. The second-order valence-electron chi connectivity index (χ2n) is 0.838. The molecule has 1 saturated heterocycles. The van der Waals surface area contributed by atoms with Gasteiger partial charge in [-0.3, -0.25) is 0 Å². The van der Waals surface area contributed by atoms with Crippen molar-refractivity contribution in [2.75, 3.05) is 13.2 Å². The summed E-state index contributed by atoms with van der Waals surface area (Å²) in [5.41, 5.74) is 0. The summed E-state index contributed by atoms with van der Waals surface area (Å²) in [5, 5.41) is 0. The fourth-order valence-electron chi connectivity index (χ4n) is 0.241. The minimum atomic E-state index is 0. The first-order chi connectivity index (χ1) is 2.50. The predicted molar refractivity (Wildman–Crippen MR) is 16.2 cm³/mol. The van der Waals surface area contributed by atoms with E-state index in [1.165, 1.54) is 6.79 Å². The Morgan fingerprint density at radius 2 is 1.67 bits per heavy atom. The van der Waals surface area contributed by atoms with E-state index in [2.05, 4.69) is 9.47 Å². The molecular weight excluding hydrogens is 132 g/mol. The number of ether oxygens (including phenoxy) is 2. The molecule has 1 rings (SSSR count). The molecule has 6 heavy (non-hydrogen) atoms. The topological polar surface area (TPSA) is 18.5 Å². The zero-order valence-electron chi connectivity index (χ0n) is 3.11. The van der Waals surface area contributed by atoms with Crippen LogP contribution in [0.3, 0.4) is 0 Å². The van der Waals surface area contributed by atoms with Gasteiger partial charge in [-0.2, -0.15) is 0 Å². The maximum Gasteiger partial charge on any atom is 1.00 e. The molecule has 0 bridgehead atoms. The summed E-state index contributed by atoms with van der Waals surface area (Å²) in [5.74, 6) is 0. The molecule has 1 aliphatic heterocycles. The summed E-state index contributed by atoms with van der Waals surface area (Å²) in [6, 6.07) is 0. The van der Waals surface area contributed by atoms with Gasteiger partial charge in [0.25, 0.3) is 0 Å². The third-order valence-electron chi connectivity index (χ3n) is 0.455. The normalized spacial score (nSPS) is 20.0. The van der Waals surface area contributed by atoms with Crippen LogP contribution in [0.4, 0.5) is 0 Å². The Bertz CT molecular complexity index is 20.4. The van der Waals surface area contributed by atoms with Crippen LogP contribution < -0.4 is 0 Å². The van der Waals surface area contributed by atoms with Crippen molar-refractivity contribution >= 4 is 0 Å². The van der Waals surface area contributed by atoms with Crippen molar-refractivity contribution in [2.24, 2.45) is 0 Å². The Morgan fingerprint density at radius 3 is 1.83 bits per heavy atom. The quantitative estimate of drug-likeness (QED) is 0.349. The summed E-state index contributed by atoms with van der Waals surface area (Å²) >= 11 is 0. The van der Waals surface area contributed by atoms with Gasteiger partial charge in [-0.15, -0.1) is 0 Å². The molecule has 0 saturated carbocycles. The van der Waals surface area contributed by atoms with Crippen LogP contribution in [-0.4, -0.2) is 13.2 Å². The van der Waals surface area contributed by atoms with Crippen molar-refractivity contribution in [3.63, 3.8) is 0 Å². The van der Waals surface area contributed by atoms with Crippen LogP contribution in [0.25, 0.3) is 0 Å². The molecule has 40 valence electrons. The fourth-order valence-corrected chi connectivity index (χ4v) is 0.241. The number of rotatable bonds is 0. The molecule has 0 spiro atoms. The van der Waals surface area contributed by atoms with Gasteiger partial charge in [0.2, 0.25) is 0 Å². The van der Waals surface area contributed by atoms with Crippen molar-refractivity contribution in [1.82, 2.24) is 0 Å². The van der Waals surface area contributed by atoms with Gasteiger partial charge in [0.05, 0.1) is 0 Å². The average Bonchev–Trinajstić information content (AvgIpc) is 1.76. The molecule has 0 amide bonds. The zero-order valence-corrected chi connectivity index (χ0v) is 4.05. The van der Waals surface area contributed by atoms with E-state index in [1.54, 1.807) is 0 Å². The average molecular weight is 137 g/mol. The Kier molecular flexibility index (Phi) is 3.89. The van der Waals surface area contributed by atoms with Crippen LogP contribution in [-0.2, 0) is 26.5 Å². The van der Waals surface area contributed by atoms with E-state index in [0.717, 1.165) is 13.2 Å². The van der Waals surface area contributed by atoms with E-state index < -0.39 is 0 Å². The molecule has 0 aromatic carbocycles. The van der Waals surface area contributed by atoms with Crippen LogP contribution in [0.5, 0.6) is 0 Å². The van der Waals surface area contributed by atoms with Gasteiger partial charge in [0, 0.05) is 13.2 Å². The van der Waals surface area contributed by atoms with E-state index >= 15 is 0 Å². The van der Waals surface area contributed by atoms with Crippen molar-refractivity contribution in [2.45, 2.75) is 0 Å². The van der Waals surface area contributed by atoms with Gasteiger partial charge in [-0.25, -0.2) is 0 Å². The molecule has 0 aromatic rings. The van der Waals surface area contributed by atoms with Crippen LogP contribution >= 0.6 is 0 Å². The van der Waals surface area contributed by atoms with Crippen molar-refractivity contribution in [3.8, 4) is 0 Å². The van der Waals surface area contributed by atoms with Crippen LogP contribution in [0.2, 0.25) is 0 Å². The Labute approximate surface area is 47.3 Å². The van der Waals surface area contributed by atoms with Crippen molar-refractivity contribution in [1.29, 1.82) is 0 Å². The molecule has 3 heteroatoms. The number of hydrogen-bond donors (Lipinski definition) is 0. The standard InChI is InChI=1S/C3H5O2.Cu/c1-2-5-3-4-1;/h3H,1-2H2;/q-1;+1. The third kappa shape index (κ3) is 1.78. The summed E-state index contributed by atoms with van der Waals surface area (Å²) in [4.78, 5) is 0. The van der Waals surface area contributed by atoms with E-state index in [1.807, 2.05) is 0 Å². The first kappa shape index (κ1) is 6.44. The third-order valence-corrected chi connectivity index (χ3v) is 0.455. The van der Waals surface area contributed by atoms with E-state index in [4.69, 9.17) is 0 Å². The summed E-state index contributed by atoms with van der Waals surface area (Å²) in [6.45, 7) is 2.81. The maximum absolute atomic E-state index is 4.60. The van der Waals surface area contributed by atoms with Crippen LogP contribution in [0, 0.1) is 6.79 Å². The Hall–Kier alpha value is 0.439. The fraction of sp³-hybridized carbons (Fsp3) is 0.667. The molecule has 0 N–H and O–H groups in total. The van der Waals surface area contributed by atoms with E-state index in [9.17, 15) is 0 Å². The maximum atomic E-state index is 4.60. The van der Waals surface area contributed by atoms with Gasteiger partial charge in [-0.1, -0.05) is 6.79 Å². The monoisotopic (exact) mass is 136 g/mol. The van der Waals surface area contributed by atoms with Crippen LogP contribution in [0.1, 0.15) is 0 Å². The molecule has 1 aliphatic rings. The van der Waals surface area contributed by atoms with Gasteiger partial charge in [0.1, 0.15) is 0 Å². The molecule has 0 aromatic heterocycles. The molecule has 1 fully saturated rings. The summed E-state index contributed by atoms with van der Waals surface area (Å²) in [6.07, 6.45) is 0. The molecule has 2 nitrogen and oxygen atoms in total. The molecule has 0 radical (unpaired) electrons. The Balaban J connectivity index is 0.000000250. The second kappa shape index (κ2) is 3.62. The number of hydrogen-bond acceptors (Lipinski definition) is 2. The first-order valence-electron chi connectivity index (χ1n) is 1.55. The predicted octanol–water partition coefficient (Wildman–Crippen LogP) is 0.150. The minimum absolute atomic E-state index is 0. The largest absolute Gasteiger partial charge is 1.00 e. The summed E-state index contributed by atoms with van der Waals surface area (Å²) < 4.78 is 9.19. The summed E-state index contributed by atoms with van der Waals surface area (Å²) in [7, 11) is 0. The zero-order chi connectivity index (χ0) is 3.54.